The number of aliphatic hydroxyl groups excluding tert-OH is 2. The minimum Gasteiger partial charge on any atom is -0.391 e. The fourth-order valence-corrected chi connectivity index (χ4v) is 3.85. The lowest BCUT2D eigenvalue weighted by Gasteiger charge is -2.41. The van der Waals surface area contributed by atoms with E-state index in [1.807, 2.05) is 30.3 Å². The molecule has 0 aliphatic carbocycles. The molecular formula is C23H41NO2. The van der Waals surface area contributed by atoms with Crippen LogP contribution in [0.25, 0.3) is 0 Å². The van der Waals surface area contributed by atoms with E-state index >= 15 is 0 Å². The number of nitrogens with one attached hydrogen (secondary N) is 1. The van der Waals surface area contributed by atoms with Crippen LogP contribution in [-0.2, 0) is 5.54 Å². The zero-order valence-corrected chi connectivity index (χ0v) is 17.2. The van der Waals surface area contributed by atoms with E-state index in [-0.39, 0.29) is 0 Å². The Bertz CT molecular complexity index is 437. The highest BCUT2D eigenvalue weighted by molar-refractivity contribution is 5.27. The molecule has 0 spiro atoms. The lowest BCUT2D eigenvalue weighted by Crippen LogP contribution is -2.57. The Labute approximate surface area is 161 Å². The standard InChI is InChI=1S/C23H41NO2/c1-4-5-6-7-8-9-10-11-12-16-19-24-23(20(2)25,21(3)26)22-17-14-13-15-18-22/h13-15,17-18,20-21,24-26H,4-12,16,19H2,1-3H3. The van der Waals surface area contributed by atoms with Gasteiger partial charge in [-0.15, -0.1) is 0 Å². The lowest BCUT2D eigenvalue weighted by molar-refractivity contribution is -0.0198. The summed E-state index contributed by atoms with van der Waals surface area (Å²) < 4.78 is 0. The Hall–Kier alpha value is -0.900. The van der Waals surface area contributed by atoms with Crippen LogP contribution in [0, 0.1) is 0 Å². The summed E-state index contributed by atoms with van der Waals surface area (Å²) in [6.07, 6.45) is 11.7. The topological polar surface area (TPSA) is 52.5 Å². The van der Waals surface area contributed by atoms with E-state index in [9.17, 15) is 10.2 Å². The van der Waals surface area contributed by atoms with E-state index in [2.05, 4.69) is 12.2 Å². The molecule has 0 saturated heterocycles. The van der Waals surface area contributed by atoms with Gasteiger partial charge in [-0.3, -0.25) is 0 Å². The van der Waals surface area contributed by atoms with Gasteiger partial charge >= 0.3 is 0 Å². The van der Waals surface area contributed by atoms with Crippen molar-refractivity contribution in [2.24, 2.45) is 0 Å². The summed E-state index contributed by atoms with van der Waals surface area (Å²) in [4.78, 5) is 0. The second-order valence-electron chi connectivity index (χ2n) is 7.70. The third kappa shape index (κ3) is 7.38. The first-order valence-corrected chi connectivity index (χ1v) is 10.7. The molecular weight excluding hydrogens is 322 g/mol. The van der Waals surface area contributed by atoms with Gasteiger partial charge in [-0.05, 0) is 32.4 Å². The third-order valence-corrected chi connectivity index (χ3v) is 5.52. The minimum atomic E-state index is -0.805. The maximum Gasteiger partial charge on any atom is 0.0954 e. The molecule has 1 rings (SSSR count). The molecule has 0 aromatic heterocycles. The third-order valence-electron chi connectivity index (χ3n) is 5.52. The van der Waals surface area contributed by atoms with Crippen molar-refractivity contribution in [1.82, 2.24) is 5.32 Å². The largest absolute Gasteiger partial charge is 0.391 e. The second kappa shape index (κ2) is 13.3. The molecule has 2 unspecified atom stereocenters. The molecule has 0 bridgehead atoms. The van der Waals surface area contributed by atoms with Crippen LogP contribution in [0.2, 0.25) is 0 Å². The molecule has 0 aliphatic rings. The van der Waals surface area contributed by atoms with E-state index in [0.29, 0.717) is 0 Å². The summed E-state index contributed by atoms with van der Waals surface area (Å²) in [5, 5.41) is 24.3. The van der Waals surface area contributed by atoms with Gasteiger partial charge in [0, 0.05) is 0 Å². The number of aliphatic hydroxyl groups is 2. The number of unbranched alkanes of at least 4 members (excludes halogenated alkanes) is 9. The molecule has 0 saturated carbocycles. The van der Waals surface area contributed by atoms with Crippen LogP contribution in [0.1, 0.15) is 90.5 Å². The number of hydrogen-bond acceptors (Lipinski definition) is 3. The first-order valence-electron chi connectivity index (χ1n) is 10.7. The van der Waals surface area contributed by atoms with Gasteiger partial charge in [0.1, 0.15) is 0 Å². The fourth-order valence-electron chi connectivity index (χ4n) is 3.85. The normalized spacial score (nSPS) is 16.2. The maximum atomic E-state index is 10.4. The molecule has 0 heterocycles. The number of rotatable bonds is 15. The average molecular weight is 364 g/mol. The summed E-state index contributed by atoms with van der Waals surface area (Å²) in [5.74, 6) is 0. The first kappa shape index (κ1) is 23.1. The second-order valence-corrected chi connectivity index (χ2v) is 7.70. The minimum absolute atomic E-state index is 0.673. The summed E-state index contributed by atoms with van der Waals surface area (Å²) in [6.45, 7) is 6.58. The predicted octanol–water partition coefficient (Wildman–Crippen LogP) is 5.15. The Morgan fingerprint density at radius 1 is 0.769 bits per heavy atom. The Morgan fingerprint density at radius 3 is 1.69 bits per heavy atom. The molecule has 0 radical (unpaired) electrons. The Kier molecular flexibility index (Phi) is 11.8. The van der Waals surface area contributed by atoms with E-state index in [1.54, 1.807) is 13.8 Å². The van der Waals surface area contributed by atoms with Crippen LogP contribution in [-0.4, -0.2) is 29.0 Å². The molecule has 0 amide bonds. The van der Waals surface area contributed by atoms with Crippen LogP contribution >= 0.6 is 0 Å². The number of hydrogen-bond donors (Lipinski definition) is 3. The highest BCUT2D eigenvalue weighted by atomic mass is 16.3. The molecule has 0 aliphatic heterocycles. The molecule has 150 valence electrons. The summed E-state index contributed by atoms with van der Waals surface area (Å²) >= 11 is 0. The summed E-state index contributed by atoms with van der Waals surface area (Å²) in [6, 6.07) is 9.82. The maximum absolute atomic E-state index is 10.4. The van der Waals surface area contributed by atoms with Crippen LogP contribution in [0.15, 0.2) is 30.3 Å². The van der Waals surface area contributed by atoms with Crippen LogP contribution in [0.4, 0.5) is 0 Å². The van der Waals surface area contributed by atoms with Gasteiger partial charge in [0.15, 0.2) is 0 Å². The monoisotopic (exact) mass is 363 g/mol. The highest BCUT2D eigenvalue weighted by Gasteiger charge is 2.41. The van der Waals surface area contributed by atoms with Crippen molar-refractivity contribution in [1.29, 1.82) is 0 Å². The molecule has 3 heteroatoms. The average Bonchev–Trinajstić information content (AvgIpc) is 2.63. The fraction of sp³-hybridized carbons (Fsp3) is 0.739. The van der Waals surface area contributed by atoms with Crippen molar-refractivity contribution in [3.8, 4) is 0 Å². The smallest absolute Gasteiger partial charge is 0.0954 e. The Balaban J connectivity index is 2.33. The summed E-state index contributed by atoms with van der Waals surface area (Å²) in [7, 11) is 0. The Morgan fingerprint density at radius 2 is 1.23 bits per heavy atom. The highest BCUT2D eigenvalue weighted by Crippen LogP contribution is 2.29. The van der Waals surface area contributed by atoms with Crippen molar-refractivity contribution in [3.63, 3.8) is 0 Å². The molecule has 3 N–H and O–H groups in total. The predicted molar refractivity (Wildman–Crippen MR) is 111 cm³/mol. The van der Waals surface area contributed by atoms with Gasteiger partial charge in [-0.1, -0.05) is 95.0 Å². The SMILES string of the molecule is CCCCCCCCCCCCNC(c1ccccc1)(C(C)O)C(C)O. The summed E-state index contributed by atoms with van der Waals surface area (Å²) in [5.41, 5.74) is 0.137. The van der Waals surface area contributed by atoms with Crippen molar-refractivity contribution < 1.29 is 10.2 Å². The molecule has 2 atom stereocenters. The van der Waals surface area contributed by atoms with Crippen LogP contribution in [0.3, 0.4) is 0 Å². The van der Waals surface area contributed by atoms with Gasteiger partial charge in [0.25, 0.3) is 0 Å². The van der Waals surface area contributed by atoms with Crippen molar-refractivity contribution in [2.75, 3.05) is 6.54 Å². The zero-order chi connectivity index (χ0) is 19.3. The molecule has 1 aromatic carbocycles. The van der Waals surface area contributed by atoms with Crippen LogP contribution in [0.5, 0.6) is 0 Å². The van der Waals surface area contributed by atoms with Crippen molar-refractivity contribution in [3.05, 3.63) is 35.9 Å². The molecule has 3 nitrogen and oxygen atoms in total. The van der Waals surface area contributed by atoms with Gasteiger partial charge in [0.05, 0.1) is 17.7 Å². The van der Waals surface area contributed by atoms with E-state index < -0.39 is 17.7 Å². The molecule has 0 fully saturated rings. The van der Waals surface area contributed by atoms with E-state index in [1.165, 1.54) is 57.8 Å². The van der Waals surface area contributed by atoms with Crippen molar-refractivity contribution >= 4 is 0 Å². The van der Waals surface area contributed by atoms with Gasteiger partial charge < -0.3 is 15.5 Å². The molecule has 26 heavy (non-hydrogen) atoms. The number of benzene rings is 1. The van der Waals surface area contributed by atoms with Gasteiger partial charge in [-0.2, -0.15) is 0 Å². The van der Waals surface area contributed by atoms with Gasteiger partial charge in [0.2, 0.25) is 0 Å². The lowest BCUT2D eigenvalue weighted by atomic mass is 9.80. The van der Waals surface area contributed by atoms with Gasteiger partial charge in [-0.25, -0.2) is 0 Å². The first-order chi connectivity index (χ1) is 12.6. The molecule has 1 aromatic rings. The quantitative estimate of drug-likeness (QED) is 0.378. The van der Waals surface area contributed by atoms with E-state index in [0.717, 1.165) is 18.5 Å². The zero-order valence-electron chi connectivity index (χ0n) is 17.2. The van der Waals surface area contributed by atoms with Crippen LogP contribution < -0.4 is 5.32 Å². The van der Waals surface area contributed by atoms with E-state index in [4.69, 9.17) is 0 Å². The van der Waals surface area contributed by atoms with Crippen molar-refractivity contribution in [2.45, 2.75) is 103 Å².